The fraction of sp³-hybridized carbons (Fsp3) is 0.562. The van der Waals surface area contributed by atoms with Gasteiger partial charge in [0.25, 0.3) is 5.91 Å². The van der Waals surface area contributed by atoms with Gasteiger partial charge in [-0.15, -0.1) is 0 Å². The number of rotatable bonds is 8. The first-order valence-electron chi connectivity index (χ1n) is 15.3. The number of hydrogen-bond acceptors (Lipinski definition) is 8. The van der Waals surface area contributed by atoms with E-state index in [0.717, 1.165) is 84.1 Å². The quantitative estimate of drug-likeness (QED) is 0.337. The standard InChI is InChI=1S/C32H44N6O3/c33-29-9-6-25(31(39)35-23-32(10-2-1-3-11-32)38-16-18-40-19-17-38)20-28(29)30(34)24-4-7-26(8-5-24)36-12-14-37(15-13-36)27-21-41-22-27/h4-9,20,27,34H,1-3,10-19,21-23,33H2,(H,35,39). The van der Waals surface area contributed by atoms with Crippen molar-refractivity contribution in [3.63, 3.8) is 0 Å². The third kappa shape index (κ3) is 6.14. The van der Waals surface area contributed by atoms with E-state index in [9.17, 15) is 4.79 Å². The topological polar surface area (TPSA) is 107 Å². The van der Waals surface area contributed by atoms with E-state index < -0.39 is 0 Å². The smallest absolute Gasteiger partial charge is 0.251 e. The van der Waals surface area contributed by atoms with Crippen LogP contribution in [0.5, 0.6) is 0 Å². The molecule has 1 saturated carbocycles. The van der Waals surface area contributed by atoms with Crippen LogP contribution in [0.3, 0.4) is 0 Å². The maximum absolute atomic E-state index is 13.4. The van der Waals surface area contributed by atoms with Crippen molar-refractivity contribution in [2.45, 2.75) is 43.7 Å². The first kappa shape index (κ1) is 28.2. The summed E-state index contributed by atoms with van der Waals surface area (Å²) in [6.07, 6.45) is 5.86. The highest BCUT2D eigenvalue weighted by Gasteiger charge is 2.39. The van der Waals surface area contributed by atoms with E-state index in [1.807, 2.05) is 12.1 Å². The number of amides is 1. The van der Waals surface area contributed by atoms with Crippen LogP contribution < -0.4 is 16.0 Å². The Bertz CT molecular complexity index is 1210. The molecule has 1 amide bonds. The van der Waals surface area contributed by atoms with E-state index in [1.54, 1.807) is 18.2 Å². The monoisotopic (exact) mass is 560 g/mol. The molecule has 0 bridgehead atoms. The Morgan fingerprint density at radius 1 is 0.902 bits per heavy atom. The van der Waals surface area contributed by atoms with Crippen LogP contribution in [0.4, 0.5) is 11.4 Å². The molecule has 0 unspecified atom stereocenters. The van der Waals surface area contributed by atoms with Crippen molar-refractivity contribution in [3.8, 4) is 0 Å². The second-order valence-corrected chi connectivity index (χ2v) is 12.0. The lowest BCUT2D eigenvalue weighted by molar-refractivity contribution is -0.0660. The first-order valence-corrected chi connectivity index (χ1v) is 15.3. The summed E-state index contributed by atoms with van der Waals surface area (Å²) in [5, 5.41) is 12.2. The molecule has 4 aliphatic rings. The lowest BCUT2D eigenvalue weighted by Gasteiger charge is -2.48. The number of carbonyl (C=O) groups excluding carboxylic acids is 1. The molecule has 1 aliphatic carbocycles. The van der Waals surface area contributed by atoms with Crippen LogP contribution in [0, 0.1) is 5.41 Å². The van der Waals surface area contributed by atoms with Crippen LogP contribution in [0.15, 0.2) is 42.5 Å². The highest BCUT2D eigenvalue weighted by atomic mass is 16.5. The number of ether oxygens (including phenoxy) is 2. The molecule has 3 saturated heterocycles. The van der Waals surface area contributed by atoms with Gasteiger partial charge in [-0.05, 0) is 43.2 Å². The van der Waals surface area contributed by atoms with Gasteiger partial charge in [0.05, 0.1) is 38.2 Å². The molecule has 4 N–H and O–H groups in total. The van der Waals surface area contributed by atoms with Crippen molar-refractivity contribution in [1.29, 1.82) is 5.41 Å². The zero-order chi connectivity index (χ0) is 28.2. The predicted molar refractivity (Wildman–Crippen MR) is 162 cm³/mol. The molecule has 2 aromatic carbocycles. The minimum absolute atomic E-state index is 0.00103. The number of anilines is 2. The third-order valence-electron chi connectivity index (χ3n) is 9.60. The van der Waals surface area contributed by atoms with Gasteiger partial charge < -0.3 is 25.4 Å². The van der Waals surface area contributed by atoms with Gasteiger partial charge in [-0.25, -0.2) is 0 Å². The molecule has 0 aromatic heterocycles. The molecule has 0 radical (unpaired) electrons. The molecule has 0 spiro atoms. The Morgan fingerprint density at radius 3 is 2.24 bits per heavy atom. The van der Waals surface area contributed by atoms with Gasteiger partial charge in [0, 0.05) is 79.4 Å². The lowest BCUT2D eigenvalue weighted by Crippen LogP contribution is -2.59. The van der Waals surface area contributed by atoms with Crippen molar-refractivity contribution in [2.24, 2.45) is 0 Å². The molecule has 3 heterocycles. The van der Waals surface area contributed by atoms with E-state index >= 15 is 0 Å². The fourth-order valence-corrected chi connectivity index (χ4v) is 6.89. The summed E-state index contributed by atoms with van der Waals surface area (Å²) in [5.74, 6) is -0.111. The minimum atomic E-state index is -0.111. The summed E-state index contributed by atoms with van der Waals surface area (Å²) in [7, 11) is 0. The fourth-order valence-electron chi connectivity index (χ4n) is 6.89. The van der Waals surface area contributed by atoms with E-state index in [4.69, 9.17) is 20.6 Å². The van der Waals surface area contributed by atoms with Gasteiger partial charge in [0.1, 0.15) is 0 Å². The van der Waals surface area contributed by atoms with Gasteiger partial charge in [-0.2, -0.15) is 0 Å². The number of nitrogen functional groups attached to an aromatic ring is 1. The van der Waals surface area contributed by atoms with Gasteiger partial charge in [0.2, 0.25) is 0 Å². The van der Waals surface area contributed by atoms with E-state index in [-0.39, 0.29) is 11.4 Å². The van der Waals surface area contributed by atoms with E-state index in [1.165, 1.54) is 24.9 Å². The second-order valence-electron chi connectivity index (χ2n) is 12.0. The molecule has 0 atom stereocenters. The number of nitrogens with two attached hydrogens (primary N) is 1. The van der Waals surface area contributed by atoms with Crippen LogP contribution in [-0.2, 0) is 9.47 Å². The molecular weight excluding hydrogens is 516 g/mol. The Kier molecular flexibility index (Phi) is 8.57. The van der Waals surface area contributed by atoms with E-state index in [0.29, 0.717) is 35.1 Å². The molecule has 220 valence electrons. The minimum Gasteiger partial charge on any atom is -0.398 e. The van der Waals surface area contributed by atoms with Crippen molar-refractivity contribution in [2.75, 3.05) is 82.9 Å². The number of carbonyl (C=O) groups is 1. The van der Waals surface area contributed by atoms with E-state index in [2.05, 4.69) is 32.1 Å². The van der Waals surface area contributed by atoms with Gasteiger partial charge in [-0.1, -0.05) is 31.4 Å². The average molecular weight is 561 g/mol. The normalized spacial score (nSPS) is 22.2. The summed E-state index contributed by atoms with van der Waals surface area (Å²) in [5.41, 5.74) is 10.2. The average Bonchev–Trinajstić information content (AvgIpc) is 3.00. The van der Waals surface area contributed by atoms with Crippen LogP contribution in [0.2, 0.25) is 0 Å². The molecule has 9 nitrogen and oxygen atoms in total. The molecule has 2 aromatic rings. The lowest BCUT2D eigenvalue weighted by atomic mass is 9.79. The summed E-state index contributed by atoms with van der Waals surface area (Å²) < 4.78 is 11.0. The number of nitrogens with zero attached hydrogens (tertiary/aromatic N) is 3. The number of nitrogens with one attached hydrogen (secondary N) is 2. The highest BCUT2D eigenvalue weighted by molar-refractivity contribution is 6.15. The van der Waals surface area contributed by atoms with Crippen LogP contribution in [0.1, 0.15) is 53.6 Å². The third-order valence-corrected chi connectivity index (χ3v) is 9.60. The zero-order valence-corrected chi connectivity index (χ0v) is 24.1. The van der Waals surface area contributed by atoms with Crippen LogP contribution in [-0.4, -0.2) is 105 Å². The Balaban J connectivity index is 1.10. The maximum atomic E-state index is 13.4. The number of benzene rings is 2. The molecule has 4 fully saturated rings. The van der Waals surface area contributed by atoms with Crippen molar-refractivity contribution in [1.82, 2.24) is 15.1 Å². The first-order chi connectivity index (χ1) is 20.0. The summed E-state index contributed by atoms with van der Waals surface area (Å²) >= 11 is 0. The number of morpholine rings is 1. The summed E-state index contributed by atoms with van der Waals surface area (Å²) in [6, 6.07) is 14.0. The predicted octanol–water partition coefficient (Wildman–Crippen LogP) is 2.97. The summed E-state index contributed by atoms with van der Waals surface area (Å²) in [4.78, 5) is 20.8. The number of piperazine rings is 1. The SMILES string of the molecule is N=C(c1ccc(N2CCN(C3COC3)CC2)cc1)c1cc(C(=O)NCC2(N3CCOCC3)CCCCC2)ccc1N. The molecule has 41 heavy (non-hydrogen) atoms. The Hall–Kier alpha value is -2.98. The van der Waals surface area contributed by atoms with Gasteiger partial charge >= 0.3 is 0 Å². The van der Waals surface area contributed by atoms with Crippen LogP contribution in [0.25, 0.3) is 0 Å². The zero-order valence-electron chi connectivity index (χ0n) is 24.1. The van der Waals surface area contributed by atoms with Crippen molar-refractivity contribution < 1.29 is 14.3 Å². The summed E-state index contributed by atoms with van der Waals surface area (Å²) in [6.45, 7) is 9.78. The van der Waals surface area contributed by atoms with Crippen molar-refractivity contribution >= 4 is 23.0 Å². The number of hydrogen-bond donors (Lipinski definition) is 3. The Morgan fingerprint density at radius 2 is 1.59 bits per heavy atom. The molecule has 9 heteroatoms. The molecule has 6 rings (SSSR count). The molecular formula is C32H44N6O3. The van der Waals surface area contributed by atoms with Gasteiger partial charge in [0.15, 0.2) is 0 Å². The van der Waals surface area contributed by atoms with Gasteiger partial charge in [-0.3, -0.25) is 20.0 Å². The largest absolute Gasteiger partial charge is 0.398 e. The Labute approximate surface area is 243 Å². The highest BCUT2D eigenvalue weighted by Crippen LogP contribution is 2.34. The maximum Gasteiger partial charge on any atom is 0.251 e. The van der Waals surface area contributed by atoms with Crippen LogP contribution >= 0.6 is 0 Å². The van der Waals surface area contributed by atoms with Crippen molar-refractivity contribution in [3.05, 3.63) is 59.2 Å². The second kappa shape index (κ2) is 12.5. The molecule has 3 aliphatic heterocycles.